The normalized spacial score (nSPS) is 15.2. The van der Waals surface area contributed by atoms with Gasteiger partial charge in [-0.15, -0.1) is 0 Å². The molecule has 0 aliphatic heterocycles. The van der Waals surface area contributed by atoms with Crippen molar-refractivity contribution >= 4 is 7.60 Å². The van der Waals surface area contributed by atoms with Gasteiger partial charge < -0.3 is 13.8 Å². The van der Waals surface area contributed by atoms with Crippen LogP contribution in [0.15, 0.2) is 0 Å². The van der Waals surface area contributed by atoms with Crippen LogP contribution in [-0.2, 0) is 18.3 Å². The molecule has 0 heterocycles. The van der Waals surface area contributed by atoms with Crippen molar-refractivity contribution in [2.75, 3.05) is 33.1 Å². The van der Waals surface area contributed by atoms with Gasteiger partial charge in [-0.25, -0.2) is 0 Å². The van der Waals surface area contributed by atoms with Gasteiger partial charge in [-0.05, 0) is 31.6 Å². The second kappa shape index (κ2) is 17.5. The number of ether oxygens (including phenoxy) is 1. The van der Waals surface area contributed by atoms with E-state index in [1.165, 1.54) is 32.1 Å². The molecule has 0 aromatic rings. The fraction of sp³-hybridized carbons (Fsp3) is 1.00. The van der Waals surface area contributed by atoms with Crippen LogP contribution in [0.2, 0.25) is 0 Å². The molecule has 0 saturated carbocycles. The second-order valence-corrected chi connectivity index (χ2v) is 9.18. The molecule has 0 rings (SSSR count). The lowest BCUT2D eigenvalue weighted by Gasteiger charge is -2.21. The molecule has 0 aliphatic carbocycles. The Morgan fingerprint density at radius 1 is 0.720 bits per heavy atom. The molecule has 0 radical (unpaired) electrons. The molecule has 2 atom stereocenters. The Balaban J connectivity index is 4.31. The first kappa shape index (κ1) is 25.1. The van der Waals surface area contributed by atoms with E-state index < -0.39 is 7.60 Å². The van der Waals surface area contributed by atoms with Crippen molar-refractivity contribution in [3.05, 3.63) is 0 Å². The number of methoxy groups -OCH3 is 1. The van der Waals surface area contributed by atoms with E-state index >= 15 is 0 Å². The van der Waals surface area contributed by atoms with Crippen molar-refractivity contribution in [3.63, 3.8) is 0 Å². The summed E-state index contributed by atoms with van der Waals surface area (Å²) < 4.78 is 29.6. The number of rotatable bonds is 19. The fourth-order valence-corrected chi connectivity index (χ4v) is 4.63. The predicted molar refractivity (Wildman–Crippen MR) is 108 cm³/mol. The van der Waals surface area contributed by atoms with E-state index in [1.54, 1.807) is 7.11 Å². The molecule has 0 bridgehead atoms. The summed E-state index contributed by atoms with van der Waals surface area (Å²) in [6.45, 7) is 8.33. The van der Waals surface area contributed by atoms with Crippen molar-refractivity contribution in [1.29, 1.82) is 0 Å². The number of hydrogen-bond acceptors (Lipinski definition) is 4. The highest BCUT2D eigenvalue weighted by Crippen LogP contribution is 2.49. The minimum absolute atomic E-state index is 0.537. The lowest BCUT2D eigenvalue weighted by atomic mass is 9.95. The van der Waals surface area contributed by atoms with Crippen molar-refractivity contribution < 1.29 is 18.3 Å². The van der Waals surface area contributed by atoms with E-state index in [9.17, 15) is 4.57 Å². The van der Waals surface area contributed by atoms with Crippen LogP contribution in [0.25, 0.3) is 0 Å². The number of hydrogen-bond donors (Lipinski definition) is 0. The third kappa shape index (κ3) is 14.9. The third-order valence-electron chi connectivity index (χ3n) is 4.58. The molecular formula is C20H43O4P. The summed E-state index contributed by atoms with van der Waals surface area (Å²) in [6.07, 6.45) is 12.8. The summed E-state index contributed by atoms with van der Waals surface area (Å²) >= 11 is 0. The van der Waals surface area contributed by atoms with E-state index in [0.717, 1.165) is 45.1 Å². The van der Waals surface area contributed by atoms with Crippen LogP contribution in [0.4, 0.5) is 0 Å². The molecule has 25 heavy (non-hydrogen) atoms. The monoisotopic (exact) mass is 378 g/mol. The SMILES string of the molecule is CCCCCCC(CCOC)CCOP(=O)(CCCC)OCCCC. The quantitative estimate of drug-likeness (QED) is 0.183. The Labute approximate surface area is 156 Å². The smallest absolute Gasteiger partial charge is 0.330 e. The van der Waals surface area contributed by atoms with Crippen molar-refractivity contribution in [2.45, 2.75) is 91.4 Å². The topological polar surface area (TPSA) is 44.8 Å². The highest BCUT2D eigenvalue weighted by Gasteiger charge is 2.24. The van der Waals surface area contributed by atoms with Crippen LogP contribution in [0, 0.1) is 5.92 Å². The molecule has 152 valence electrons. The predicted octanol–water partition coefficient (Wildman–Crippen LogP) is 6.83. The molecule has 0 aliphatic rings. The van der Waals surface area contributed by atoms with E-state index in [1.807, 2.05) is 0 Å². The van der Waals surface area contributed by atoms with E-state index in [0.29, 0.717) is 25.3 Å². The first-order valence-electron chi connectivity index (χ1n) is 10.5. The van der Waals surface area contributed by atoms with Crippen LogP contribution >= 0.6 is 7.60 Å². The summed E-state index contributed by atoms with van der Waals surface area (Å²) in [5.41, 5.74) is 0. The summed E-state index contributed by atoms with van der Waals surface area (Å²) in [4.78, 5) is 0. The van der Waals surface area contributed by atoms with Crippen molar-refractivity contribution in [3.8, 4) is 0 Å². The Kier molecular flexibility index (Phi) is 17.6. The molecule has 2 unspecified atom stereocenters. The number of unbranched alkanes of at least 4 members (excludes halogenated alkanes) is 5. The van der Waals surface area contributed by atoms with Gasteiger partial charge in [-0.1, -0.05) is 65.7 Å². The molecule has 0 N–H and O–H groups in total. The Morgan fingerprint density at radius 2 is 1.36 bits per heavy atom. The lowest BCUT2D eigenvalue weighted by Crippen LogP contribution is -2.10. The zero-order valence-corrected chi connectivity index (χ0v) is 18.2. The molecule has 4 nitrogen and oxygen atoms in total. The van der Waals surface area contributed by atoms with Gasteiger partial charge in [-0.3, -0.25) is 4.57 Å². The molecule has 0 spiro atoms. The highest BCUT2D eigenvalue weighted by molar-refractivity contribution is 7.53. The Hall–Kier alpha value is 0.110. The van der Waals surface area contributed by atoms with Gasteiger partial charge in [0.05, 0.1) is 19.4 Å². The van der Waals surface area contributed by atoms with Crippen LogP contribution in [-0.4, -0.2) is 33.1 Å². The summed E-state index contributed by atoms with van der Waals surface area (Å²) in [7, 11) is -1.16. The maximum absolute atomic E-state index is 12.9. The minimum atomic E-state index is -2.92. The zero-order valence-electron chi connectivity index (χ0n) is 17.3. The van der Waals surface area contributed by atoms with Gasteiger partial charge in [0, 0.05) is 13.7 Å². The van der Waals surface area contributed by atoms with E-state index in [4.69, 9.17) is 13.8 Å². The van der Waals surface area contributed by atoms with E-state index in [-0.39, 0.29) is 0 Å². The zero-order chi connectivity index (χ0) is 18.8. The van der Waals surface area contributed by atoms with Crippen LogP contribution in [0.1, 0.15) is 91.4 Å². The molecule has 0 fully saturated rings. The van der Waals surface area contributed by atoms with Crippen molar-refractivity contribution in [1.82, 2.24) is 0 Å². The lowest BCUT2D eigenvalue weighted by molar-refractivity contribution is 0.155. The third-order valence-corrected chi connectivity index (χ3v) is 6.60. The van der Waals surface area contributed by atoms with E-state index in [2.05, 4.69) is 20.8 Å². The van der Waals surface area contributed by atoms with Crippen LogP contribution in [0.5, 0.6) is 0 Å². The largest absolute Gasteiger partial charge is 0.385 e. The first-order valence-corrected chi connectivity index (χ1v) is 12.2. The van der Waals surface area contributed by atoms with Gasteiger partial charge >= 0.3 is 7.60 Å². The summed E-state index contributed by atoms with van der Waals surface area (Å²) in [6, 6.07) is 0. The minimum Gasteiger partial charge on any atom is -0.385 e. The molecule has 0 saturated heterocycles. The molecule has 0 aromatic heterocycles. The standard InChI is InChI=1S/C20H43O4P/c1-5-8-11-12-13-20(14-17-22-4)15-18-24-25(21,19-10-7-3)23-16-9-6-2/h20H,5-19H2,1-4H3. The highest BCUT2D eigenvalue weighted by atomic mass is 31.2. The van der Waals surface area contributed by atoms with Gasteiger partial charge in [0.1, 0.15) is 0 Å². The Morgan fingerprint density at radius 3 is 2.00 bits per heavy atom. The Bertz CT molecular complexity index is 323. The fourth-order valence-electron chi connectivity index (χ4n) is 2.80. The first-order chi connectivity index (χ1) is 12.1. The van der Waals surface area contributed by atoms with Gasteiger partial charge in [0.15, 0.2) is 0 Å². The average Bonchev–Trinajstić information content (AvgIpc) is 2.61. The average molecular weight is 379 g/mol. The van der Waals surface area contributed by atoms with Gasteiger partial charge in [-0.2, -0.15) is 0 Å². The molecule has 0 amide bonds. The maximum Gasteiger partial charge on any atom is 0.330 e. The second-order valence-electron chi connectivity index (χ2n) is 6.99. The van der Waals surface area contributed by atoms with Crippen LogP contribution < -0.4 is 0 Å². The maximum atomic E-state index is 12.9. The van der Waals surface area contributed by atoms with Crippen molar-refractivity contribution in [2.24, 2.45) is 5.92 Å². The summed E-state index contributed by atoms with van der Waals surface area (Å²) in [5.74, 6) is 0.590. The molecule has 5 heteroatoms. The van der Waals surface area contributed by atoms with Crippen LogP contribution in [0.3, 0.4) is 0 Å². The van der Waals surface area contributed by atoms with Gasteiger partial charge in [0.2, 0.25) is 0 Å². The molecule has 0 aromatic carbocycles. The summed E-state index contributed by atoms with van der Waals surface area (Å²) in [5, 5.41) is 0. The van der Waals surface area contributed by atoms with Gasteiger partial charge in [0.25, 0.3) is 0 Å². The molecular weight excluding hydrogens is 335 g/mol.